The van der Waals surface area contributed by atoms with E-state index < -0.39 is 124 Å². The van der Waals surface area contributed by atoms with Gasteiger partial charge in [-0.15, -0.1) is 0 Å². The van der Waals surface area contributed by atoms with Crippen molar-refractivity contribution < 1.29 is 73.3 Å². The van der Waals surface area contributed by atoms with Gasteiger partial charge in [-0.05, 0) is 102 Å². The number of rotatable bonds is 9. The van der Waals surface area contributed by atoms with E-state index in [9.17, 15) is 44.7 Å². The summed E-state index contributed by atoms with van der Waals surface area (Å²) in [7, 11) is 0.986. The summed E-state index contributed by atoms with van der Waals surface area (Å²) in [6.07, 6.45) is -1.10. The number of ether oxygens (including phenoxy) is 3. The topological polar surface area (TPSA) is 373 Å². The summed E-state index contributed by atoms with van der Waals surface area (Å²) < 4.78 is 17.5. The predicted molar refractivity (Wildman–Crippen MR) is 298 cm³/mol. The summed E-state index contributed by atoms with van der Waals surface area (Å²) >= 11 is 13.7. The van der Waals surface area contributed by atoms with Gasteiger partial charge in [-0.1, -0.05) is 78.2 Å². The number of phenols is 4. The average Bonchev–Trinajstić information content (AvgIpc) is 2.93. The molecule has 5 heterocycles. The number of hydrogen-bond acceptors (Lipinski definition) is 17. The fourth-order valence-electron chi connectivity index (χ4n) is 9.88. The van der Waals surface area contributed by atoms with E-state index in [-0.39, 0.29) is 74.2 Å². The Kier molecular flexibility index (Phi) is 17.6. The molecule has 5 aliphatic heterocycles. The number of amides is 6. The second-order valence-corrected chi connectivity index (χ2v) is 20.7. The van der Waals surface area contributed by atoms with E-state index in [0.29, 0.717) is 30.5 Å². The van der Waals surface area contributed by atoms with Crippen molar-refractivity contribution in [3.63, 3.8) is 0 Å². The van der Waals surface area contributed by atoms with Crippen LogP contribution in [0.1, 0.15) is 76.9 Å². The number of unbranched alkanes of at least 4 members (excludes halogenated alkanes) is 1. The Morgan fingerprint density at radius 2 is 1.34 bits per heavy atom. The van der Waals surface area contributed by atoms with E-state index in [1.807, 2.05) is 0 Å². The van der Waals surface area contributed by atoms with Gasteiger partial charge in [-0.3, -0.25) is 28.8 Å². The molecule has 23 nitrogen and oxygen atoms in total. The van der Waals surface area contributed by atoms with Crippen LogP contribution >= 0.6 is 23.2 Å². The molecule has 0 aromatic heterocycles. The molecule has 0 spiro atoms. The number of nitrogens with two attached hydrogens (primary N) is 2. The van der Waals surface area contributed by atoms with E-state index in [2.05, 4.69) is 31.9 Å². The highest BCUT2D eigenvalue weighted by Crippen LogP contribution is 2.47. The van der Waals surface area contributed by atoms with Crippen LogP contribution in [0, 0.1) is 0 Å². The number of benzene rings is 6. The molecule has 0 fully saturated rings. The molecule has 0 aliphatic carbocycles. The zero-order valence-electron chi connectivity index (χ0n) is 44.0. The molecule has 83 heavy (non-hydrogen) atoms. The second-order valence-electron chi connectivity index (χ2n) is 19.9. The molecule has 8 atom stereocenters. The first kappa shape index (κ1) is 58.5. The van der Waals surface area contributed by atoms with Crippen molar-refractivity contribution in [1.29, 1.82) is 0 Å². The maximum Gasteiger partial charge on any atom is 0.333 e. The third-order valence-corrected chi connectivity index (χ3v) is 14.8. The van der Waals surface area contributed by atoms with Gasteiger partial charge in [0.05, 0.1) is 23.2 Å². The Labute approximate surface area is 483 Å². The van der Waals surface area contributed by atoms with Crippen LogP contribution < -0.4 is 52.8 Å². The van der Waals surface area contributed by atoms with Gasteiger partial charge in [0.25, 0.3) is 0 Å². The number of aliphatic hydroxyl groups is 1. The first-order valence-electron chi connectivity index (χ1n) is 26.0. The molecular weight excluding hydrogens is 1120 g/mol. The van der Waals surface area contributed by atoms with Gasteiger partial charge in [0.1, 0.15) is 65.1 Å². The Bertz CT molecular complexity index is 3550. The molecule has 0 radical (unpaired) electrons. The Morgan fingerprint density at radius 3 is 2.01 bits per heavy atom. The molecule has 6 amide bonds. The molecule has 15 N–H and O–H groups in total. The van der Waals surface area contributed by atoms with E-state index in [0.717, 1.165) is 37.4 Å². The summed E-state index contributed by atoms with van der Waals surface area (Å²) in [6.45, 7) is 0.368. The van der Waals surface area contributed by atoms with Crippen molar-refractivity contribution in [2.24, 2.45) is 11.5 Å². The van der Waals surface area contributed by atoms with Crippen molar-refractivity contribution in [2.45, 2.75) is 80.5 Å². The zero-order valence-corrected chi connectivity index (χ0v) is 45.5. The highest BCUT2D eigenvalue weighted by atomic mass is 35.5. The number of fused-ring (bicyclic) bond motifs is 15. The van der Waals surface area contributed by atoms with Crippen LogP contribution in [0.3, 0.4) is 0 Å². The number of esters is 1. The van der Waals surface area contributed by atoms with Crippen molar-refractivity contribution in [3.05, 3.63) is 153 Å². The highest BCUT2D eigenvalue weighted by Gasteiger charge is 2.41. The number of phenolic OH excluding ortho intramolecular Hbond substituents is 4. The summed E-state index contributed by atoms with van der Waals surface area (Å²) in [6, 6.07) is 12.3. The lowest BCUT2D eigenvalue weighted by Gasteiger charge is -2.31. The van der Waals surface area contributed by atoms with Gasteiger partial charge in [-0.25, -0.2) is 4.79 Å². The van der Waals surface area contributed by atoms with Gasteiger partial charge >= 0.3 is 5.97 Å². The van der Waals surface area contributed by atoms with Gasteiger partial charge in [0.15, 0.2) is 17.5 Å². The number of aliphatic hydroxyl groups excluding tert-OH is 1. The lowest BCUT2D eigenvalue weighted by atomic mass is 9.89. The smallest absolute Gasteiger partial charge is 0.333 e. The van der Waals surface area contributed by atoms with Crippen molar-refractivity contribution in [2.75, 3.05) is 13.7 Å². The Balaban J connectivity index is 1.25. The highest BCUT2D eigenvalue weighted by molar-refractivity contribution is 6.32. The first-order valence-corrected chi connectivity index (χ1v) is 26.7. The largest absolute Gasteiger partial charge is 0.508 e. The van der Waals surface area contributed by atoms with E-state index in [1.165, 1.54) is 42.5 Å². The van der Waals surface area contributed by atoms with Gasteiger partial charge < -0.3 is 83.1 Å². The van der Waals surface area contributed by atoms with Crippen LogP contribution in [0.25, 0.3) is 11.1 Å². The minimum Gasteiger partial charge on any atom is -0.508 e. The summed E-state index contributed by atoms with van der Waals surface area (Å²) in [5.41, 5.74) is 11.4. The Morgan fingerprint density at radius 1 is 0.687 bits per heavy atom. The number of aromatic hydroxyl groups is 4. The summed E-state index contributed by atoms with van der Waals surface area (Å²) in [4.78, 5) is 103. The monoisotopic (exact) mass is 1170 g/mol. The molecule has 0 unspecified atom stereocenters. The van der Waals surface area contributed by atoms with Crippen molar-refractivity contribution >= 4 is 64.6 Å². The van der Waals surface area contributed by atoms with Crippen LogP contribution in [0.5, 0.6) is 46.0 Å². The number of methoxy groups -OCH3 is 1. The maximum atomic E-state index is 15.6. The molecule has 5 aliphatic rings. The SMILES string of the molecule is COC(=O)[C@H]1NC(=O)[C@H]2NC(=O)[C@H](NC(=O)[C@@H]3NC(=O)[C@@H](Cc4ccccc4)NC(=O)[C@H](NC(=O)[C@@H](N)CCCCN)Cc4ccc(c(Cl)c4)Oc4cc3cc(c4O)Oc3ccc(cc3Cl)[C@H]2O)c2ccc(O)c(c2)-c2c(O)cc(O)cc21. The van der Waals surface area contributed by atoms with Crippen molar-refractivity contribution in [1.82, 2.24) is 31.9 Å². The predicted octanol–water partition coefficient (Wildman–Crippen LogP) is 4.18. The zero-order chi connectivity index (χ0) is 59.4. The van der Waals surface area contributed by atoms with Crippen LogP contribution in [0.2, 0.25) is 10.0 Å². The quantitative estimate of drug-likeness (QED) is 0.0713. The molecule has 25 heteroatoms. The van der Waals surface area contributed by atoms with E-state index >= 15 is 14.4 Å². The molecule has 432 valence electrons. The molecular formula is C58H56Cl2N8O15. The van der Waals surface area contributed by atoms with Crippen LogP contribution in [0.15, 0.2) is 109 Å². The number of carbonyl (C=O) groups is 7. The standard InChI is InChI=1S/C58H56Cl2N8O15/c1-81-58(80)48-33-24-31(69)25-40(71)45(33)32-20-28(11-13-39(32)70)46-55(77)68-49(57(79)67-48)50(72)29-12-15-42(35(60)21-29)83-44-23-30-22-43(51(44)73)82-41-14-10-27(17-34(41)59)19-38(63-52(74)36(62)9-5-6-16-61)53(75)64-37(18-26-7-3-2-4-8-26)54(76)65-47(30)56(78)66-46/h2-4,7-8,10-15,17,20-25,36-38,46-50,69-73H,5-6,9,16,18-19,61-62H2,1H3,(H,63,74)(H,64,75)(H,65,76)(H,66,78)(H,67,79)(H,68,77)/t36-,37+,38+,46+,47+,48-,49-,50+/m0/s1. The lowest BCUT2D eigenvalue weighted by molar-refractivity contribution is -0.146. The van der Waals surface area contributed by atoms with Crippen molar-refractivity contribution in [3.8, 4) is 57.1 Å². The molecule has 0 saturated carbocycles. The lowest BCUT2D eigenvalue weighted by Crippen LogP contribution is -2.58. The third-order valence-electron chi connectivity index (χ3n) is 14.2. The summed E-state index contributed by atoms with van der Waals surface area (Å²) in [5.74, 6) is -11.1. The second kappa shape index (κ2) is 24.9. The minimum absolute atomic E-state index is 0.0515. The fraction of sp³-hybridized carbons (Fsp3) is 0.259. The number of hydrogen-bond donors (Lipinski definition) is 13. The molecule has 11 rings (SSSR count). The molecule has 11 bridgehead atoms. The number of carbonyl (C=O) groups excluding carboxylic acids is 7. The first-order chi connectivity index (χ1) is 39.7. The Hall–Kier alpha value is -9.13. The maximum absolute atomic E-state index is 15.6. The average molecular weight is 1180 g/mol. The fourth-order valence-corrected chi connectivity index (χ4v) is 10.4. The number of halogens is 2. The van der Waals surface area contributed by atoms with Gasteiger partial charge in [-0.2, -0.15) is 0 Å². The molecule has 6 aromatic rings. The van der Waals surface area contributed by atoms with Crippen LogP contribution in [0.4, 0.5) is 0 Å². The van der Waals surface area contributed by atoms with E-state index in [4.69, 9.17) is 48.9 Å². The molecule has 6 aromatic carbocycles. The normalized spacial score (nSPS) is 21.0. The minimum atomic E-state index is -2.09. The van der Waals surface area contributed by atoms with Crippen LogP contribution in [-0.2, 0) is 51.1 Å². The van der Waals surface area contributed by atoms with E-state index in [1.54, 1.807) is 36.4 Å². The molecule has 0 saturated heterocycles. The van der Waals surface area contributed by atoms with Crippen LogP contribution in [-0.4, -0.2) is 105 Å². The third kappa shape index (κ3) is 12.8. The van der Waals surface area contributed by atoms with Gasteiger partial charge in [0.2, 0.25) is 41.2 Å². The van der Waals surface area contributed by atoms with Gasteiger partial charge in [0, 0.05) is 35.6 Å². The summed E-state index contributed by atoms with van der Waals surface area (Å²) in [5, 5.41) is 73.3. The number of nitrogens with one attached hydrogen (secondary N) is 6.